The van der Waals surface area contributed by atoms with Gasteiger partial charge in [0.25, 0.3) is 5.91 Å². The summed E-state index contributed by atoms with van der Waals surface area (Å²) in [4.78, 5) is 17.4. The molecule has 1 aliphatic rings. The lowest BCUT2D eigenvalue weighted by Gasteiger charge is -2.27. The minimum atomic E-state index is -4.34. The third kappa shape index (κ3) is 6.44. The molecule has 2 aromatic rings. The van der Waals surface area contributed by atoms with Gasteiger partial charge >= 0.3 is 6.18 Å². The standard InChI is InChI=1S/C23H30F3N3O3S/c1-13-7-18(21(31)27-10-14-11-33(32)6-5-19(14)30)29-20-16(13)8-15(28-12-23(24,25)26)9-17(20)22(2,3)4/h7-9,14,19,28,30H,5-6,10-12H2,1-4H3,(H,27,31). The van der Waals surface area contributed by atoms with Crippen LogP contribution in [0.25, 0.3) is 10.9 Å². The molecular formula is C23H30F3N3O3S. The molecular weight excluding hydrogens is 455 g/mol. The number of aryl methyl sites for hydroxylation is 1. The van der Waals surface area contributed by atoms with Crippen LogP contribution in [0.1, 0.15) is 48.8 Å². The molecule has 3 rings (SSSR count). The Morgan fingerprint density at radius 3 is 2.58 bits per heavy atom. The van der Waals surface area contributed by atoms with Gasteiger partial charge in [-0.1, -0.05) is 20.8 Å². The van der Waals surface area contributed by atoms with Crippen LogP contribution in [0, 0.1) is 12.8 Å². The number of anilines is 1. The molecule has 3 atom stereocenters. The maximum atomic E-state index is 12.8. The summed E-state index contributed by atoms with van der Waals surface area (Å²) < 4.78 is 49.9. The number of carbonyl (C=O) groups excluding carboxylic acids is 1. The average molecular weight is 486 g/mol. The molecule has 3 unspecified atom stereocenters. The third-order valence-electron chi connectivity index (χ3n) is 5.76. The second kappa shape index (κ2) is 9.58. The highest BCUT2D eigenvalue weighted by Crippen LogP contribution is 2.34. The van der Waals surface area contributed by atoms with Crippen molar-refractivity contribution in [2.75, 3.05) is 29.9 Å². The van der Waals surface area contributed by atoms with E-state index in [0.717, 1.165) is 5.56 Å². The lowest BCUT2D eigenvalue weighted by molar-refractivity contribution is -0.115. The Kier molecular flexibility index (Phi) is 7.38. The van der Waals surface area contributed by atoms with E-state index >= 15 is 0 Å². The van der Waals surface area contributed by atoms with Crippen LogP contribution in [0.15, 0.2) is 18.2 Å². The summed E-state index contributed by atoms with van der Waals surface area (Å²) in [5.41, 5.74) is 2.09. The van der Waals surface area contributed by atoms with E-state index in [1.807, 2.05) is 20.8 Å². The largest absolute Gasteiger partial charge is 0.405 e. The van der Waals surface area contributed by atoms with Crippen LogP contribution in [0.5, 0.6) is 0 Å². The molecule has 1 aromatic carbocycles. The predicted molar refractivity (Wildman–Crippen MR) is 124 cm³/mol. The quantitative estimate of drug-likeness (QED) is 0.601. The van der Waals surface area contributed by atoms with Crippen LogP contribution in [-0.4, -0.2) is 57.1 Å². The van der Waals surface area contributed by atoms with Crippen LogP contribution in [0.4, 0.5) is 18.9 Å². The van der Waals surface area contributed by atoms with Crippen molar-refractivity contribution in [1.82, 2.24) is 10.3 Å². The highest BCUT2D eigenvalue weighted by Gasteiger charge is 2.29. The van der Waals surface area contributed by atoms with Crippen molar-refractivity contribution in [3.8, 4) is 0 Å². The van der Waals surface area contributed by atoms with Gasteiger partial charge < -0.3 is 15.7 Å². The van der Waals surface area contributed by atoms with Gasteiger partial charge in [-0.2, -0.15) is 13.2 Å². The first-order valence-corrected chi connectivity index (χ1v) is 12.3. The molecule has 1 fully saturated rings. The Labute approximate surface area is 193 Å². The number of rotatable bonds is 5. The normalized spacial score (nSPS) is 21.8. The van der Waals surface area contributed by atoms with Crippen LogP contribution in [0.3, 0.4) is 0 Å². The van der Waals surface area contributed by atoms with Crippen LogP contribution in [-0.2, 0) is 16.2 Å². The molecule has 6 nitrogen and oxygen atoms in total. The molecule has 2 heterocycles. The number of halogens is 3. The summed E-state index contributed by atoms with van der Waals surface area (Å²) in [5.74, 6) is 0.111. The van der Waals surface area contributed by atoms with Gasteiger partial charge in [0.2, 0.25) is 0 Å². The van der Waals surface area contributed by atoms with Crippen molar-refractivity contribution in [3.05, 3.63) is 35.0 Å². The van der Waals surface area contributed by atoms with E-state index in [2.05, 4.69) is 15.6 Å². The van der Waals surface area contributed by atoms with Gasteiger partial charge in [-0.25, -0.2) is 4.98 Å². The lowest BCUT2D eigenvalue weighted by Crippen LogP contribution is -2.41. The number of hydrogen-bond acceptors (Lipinski definition) is 5. The molecule has 0 radical (unpaired) electrons. The zero-order valence-electron chi connectivity index (χ0n) is 19.2. The minimum absolute atomic E-state index is 0.188. The molecule has 0 saturated carbocycles. The third-order valence-corrected chi connectivity index (χ3v) is 7.26. The highest BCUT2D eigenvalue weighted by atomic mass is 32.2. The molecule has 10 heteroatoms. The number of fused-ring (bicyclic) bond motifs is 1. The maximum absolute atomic E-state index is 12.8. The van der Waals surface area contributed by atoms with Crippen molar-refractivity contribution in [1.29, 1.82) is 0 Å². The number of hydrogen-bond donors (Lipinski definition) is 3. The molecule has 1 aromatic heterocycles. The molecule has 33 heavy (non-hydrogen) atoms. The monoisotopic (exact) mass is 485 g/mol. The number of nitrogens with zero attached hydrogens (tertiary/aromatic N) is 1. The SMILES string of the molecule is Cc1cc(C(=O)NCC2CS(=O)CCC2O)nc2c(C(C)(C)C)cc(NCC(F)(F)F)cc12. The number of aliphatic hydroxyl groups is 1. The van der Waals surface area contributed by atoms with E-state index in [1.54, 1.807) is 25.1 Å². The molecule has 0 spiro atoms. The van der Waals surface area contributed by atoms with E-state index in [0.29, 0.717) is 40.1 Å². The summed E-state index contributed by atoms with van der Waals surface area (Å²) >= 11 is 0. The number of aromatic nitrogens is 1. The van der Waals surface area contributed by atoms with Crippen molar-refractivity contribution >= 4 is 33.3 Å². The number of aliphatic hydroxyl groups excluding tert-OH is 1. The molecule has 0 aliphatic carbocycles. The minimum Gasteiger partial charge on any atom is -0.393 e. The molecule has 3 N–H and O–H groups in total. The zero-order valence-corrected chi connectivity index (χ0v) is 20.0. The fraction of sp³-hybridized carbons (Fsp3) is 0.565. The Balaban J connectivity index is 1.91. The number of nitrogens with one attached hydrogen (secondary N) is 2. The number of alkyl halides is 3. The van der Waals surface area contributed by atoms with Crippen LogP contribution >= 0.6 is 0 Å². The fourth-order valence-electron chi connectivity index (χ4n) is 3.91. The molecule has 182 valence electrons. The van der Waals surface area contributed by atoms with E-state index in [4.69, 9.17) is 0 Å². The lowest BCUT2D eigenvalue weighted by atomic mass is 9.84. The summed E-state index contributed by atoms with van der Waals surface area (Å²) in [6.45, 7) is 6.63. The van der Waals surface area contributed by atoms with Crippen LogP contribution < -0.4 is 10.6 Å². The molecule has 1 saturated heterocycles. The Morgan fingerprint density at radius 1 is 1.24 bits per heavy atom. The number of pyridine rings is 1. The van der Waals surface area contributed by atoms with Crippen molar-refractivity contribution < 1.29 is 27.3 Å². The number of benzene rings is 1. The second-order valence-corrected chi connectivity index (χ2v) is 11.2. The van der Waals surface area contributed by atoms with E-state index in [9.17, 15) is 27.3 Å². The van der Waals surface area contributed by atoms with Crippen molar-refractivity contribution in [2.45, 2.75) is 51.8 Å². The Morgan fingerprint density at radius 2 is 1.94 bits per heavy atom. The summed E-state index contributed by atoms with van der Waals surface area (Å²) in [5, 5.41) is 16.0. The van der Waals surface area contributed by atoms with Gasteiger partial charge in [0, 0.05) is 45.8 Å². The van der Waals surface area contributed by atoms with Crippen molar-refractivity contribution in [3.63, 3.8) is 0 Å². The smallest absolute Gasteiger partial charge is 0.393 e. The first kappa shape index (κ1) is 25.4. The maximum Gasteiger partial charge on any atom is 0.405 e. The first-order chi connectivity index (χ1) is 15.2. The molecule has 1 aliphatic heterocycles. The fourth-order valence-corrected chi connectivity index (χ4v) is 5.40. The average Bonchev–Trinajstić information content (AvgIpc) is 2.71. The Hall–Kier alpha value is -2.20. The Bertz CT molecular complexity index is 1070. The van der Waals surface area contributed by atoms with E-state index in [1.165, 1.54) is 0 Å². The summed E-state index contributed by atoms with van der Waals surface area (Å²) in [6.07, 6.45) is -4.51. The molecule has 0 bridgehead atoms. The van der Waals surface area contributed by atoms with Crippen molar-refractivity contribution in [2.24, 2.45) is 5.92 Å². The number of carbonyl (C=O) groups is 1. The first-order valence-electron chi connectivity index (χ1n) is 10.8. The topological polar surface area (TPSA) is 91.3 Å². The summed E-state index contributed by atoms with van der Waals surface area (Å²) in [6, 6.07) is 4.87. The van der Waals surface area contributed by atoms with Gasteiger partial charge in [-0.3, -0.25) is 9.00 Å². The van der Waals surface area contributed by atoms with Gasteiger partial charge in [-0.05, 0) is 48.1 Å². The summed E-state index contributed by atoms with van der Waals surface area (Å²) in [7, 11) is -0.999. The van der Waals surface area contributed by atoms with Gasteiger partial charge in [-0.15, -0.1) is 0 Å². The van der Waals surface area contributed by atoms with Gasteiger partial charge in [0.05, 0.1) is 11.6 Å². The molecule has 1 amide bonds. The number of amides is 1. The van der Waals surface area contributed by atoms with Gasteiger partial charge in [0.1, 0.15) is 12.2 Å². The second-order valence-electron chi connectivity index (χ2n) is 9.60. The van der Waals surface area contributed by atoms with E-state index in [-0.39, 0.29) is 18.2 Å². The zero-order chi connectivity index (χ0) is 24.6. The van der Waals surface area contributed by atoms with Gasteiger partial charge in [0.15, 0.2) is 0 Å². The van der Waals surface area contributed by atoms with Crippen LogP contribution in [0.2, 0.25) is 0 Å². The predicted octanol–water partition coefficient (Wildman–Crippen LogP) is 3.67. The highest BCUT2D eigenvalue weighted by molar-refractivity contribution is 7.85. The van der Waals surface area contributed by atoms with E-state index < -0.39 is 40.9 Å².